The van der Waals surface area contributed by atoms with Crippen molar-refractivity contribution in [1.82, 2.24) is 0 Å². The number of carboxylic acid groups (broad SMARTS) is 1. The molecule has 1 aromatic rings. The molecule has 0 aliphatic carbocycles. The number of ether oxygens (including phenoxy) is 1. The number of non-ortho nitro benzene ring substituents is 1. The first kappa shape index (κ1) is 11.0. The van der Waals surface area contributed by atoms with E-state index in [0.717, 1.165) is 0 Å². The van der Waals surface area contributed by atoms with Gasteiger partial charge in [-0.15, -0.1) is 0 Å². The highest BCUT2D eigenvalue weighted by molar-refractivity contribution is 5.72. The quantitative estimate of drug-likeness (QED) is 0.601. The fourth-order valence-electron chi connectivity index (χ4n) is 0.901. The van der Waals surface area contributed by atoms with Crippen molar-refractivity contribution < 1.29 is 19.6 Å². The summed E-state index contributed by atoms with van der Waals surface area (Å²) in [6.45, 7) is 1.38. The molecule has 80 valence electrons. The molecule has 0 bridgehead atoms. The van der Waals surface area contributed by atoms with E-state index in [1.54, 1.807) is 0 Å². The molecule has 0 spiro atoms. The van der Waals surface area contributed by atoms with E-state index >= 15 is 0 Å². The van der Waals surface area contributed by atoms with Gasteiger partial charge in [-0.3, -0.25) is 10.1 Å². The molecule has 1 atom stereocenters. The van der Waals surface area contributed by atoms with Crippen molar-refractivity contribution in [3.63, 3.8) is 0 Å². The van der Waals surface area contributed by atoms with Crippen LogP contribution in [0.25, 0.3) is 0 Å². The summed E-state index contributed by atoms with van der Waals surface area (Å²) in [5, 5.41) is 18.9. The second kappa shape index (κ2) is 4.41. The Labute approximate surface area is 85.2 Å². The maximum Gasteiger partial charge on any atom is 0.344 e. The minimum atomic E-state index is -1.09. The van der Waals surface area contributed by atoms with Gasteiger partial charge in [0, 0.05) is 12.1 Å². The lowest BCUT2D eigenvalue weighted by Gasteiger charge is -2.09. The Morgan fingerprint density at radius 3 is 2.40 bits per heavy atom. The Bertz CT molecular complexity index is 373. The second-order valence-electron chi connectivity index (χ2n) is 2.85. The molecule has 15 heavy (non-hydrogen) atoms. The predicted molar refractivity (Wildman–Crippen MR) is 50.8 cm³/mol. The largest absolute Gasteiger partial charge is 0.479 e. The second-order valence-corrected chi connectivity index (χ2v) is 2.85. The number of aliphatic carboxylic acids is 1. The number of carbonyl (C=O) groups is 1. The fourth-order valence-corrected chi connectivity index (χ4v) is 0.901. The zero-order chi connectivity index (χ0) is 11.4. The first-order valence-corrected chi connectivity index (χ1v) is 4.14. The number of nitro benzene ring substituents is 1. The first-order valence-electron chi connectivity index (χ1n) is 4.14. The molecule has 0 aromatic heterocycles. The molecular weight excluding hydrogens is 202 g/mol. The summed E-state index contributed by atoms with van der Waals surface area (Å²) in [7, 11) is 0. The number of hydrogen-bond donors (Lipinski definition) is 1. The summed E-state index contributed by atoms with van der Waals surface area (Å²) in [6, 6.07) is 5.23. The van der Waals surface area contributed by atoms with E-state index in [-0.39, 0.29) is 11.4 Å². The van der Waals surface area contributed by atoms with Crippen LogP contribution in [0.2, 0.25) is 0 Å². The van der Waals surface area contributed by atoms with Crippen LogP contribution in [0.4, 0.5) is 5.69 Å². The van der Waals surface area contributed by atoms with Gasteiger partial charge in [0.05, 0.1) is 4.92 Å². The van der Waals surface area contributed by atoms with Crippen LogP contribution in [0.3, 0.4) is 0 Å². The number of carboxylic acids is 1. The topological polar surface area (TPSA) is 89.7 Å². The smallest absolute Gasteiger partial charge is 0.344 e. The van der Waals surface area contributed by atoms with E-state index in [1.807, 2.05) is 0 Å². The van der Waals surface area contributed by atoms with E-state index in [2.05, 4.69) is 0 Å². The van der Waals surface area contributed by atoms with Crippen molar-refractivity contribution in [3.05, 3.63) is 34.4 Å². The van der Waals surface area contributed by atoms with Crippen molar-refractivity contribution in [2.75, 3.05) is 0 Å². The van der Waals surface area contributed by atoms with Gasteiger partial charge in [0.25, 0.3) is 5.69 Å². The van der Waals surface area contributed by atoms with Crippen LogP contribution in [0.1, 0.15) is 6.92 Å². The van der Waals surface area contributed by atoms with Gasteiger partial charge in [-0.2, -0.15) is 0 Å². The predicted octanol–water partition coefficient (Wildman–Crippen LogP) is 1.45. The number of nitrogens with zero attached hydrogens (tertiary/aromatic N) is 1. The number of hydrogen-bond acceptors (Lipinski definition) is 4. The average molecular weight is 211 g/mol. The Morgan fingerprint density at radius 1 is 1.47 bits per heavy atom. The maximum atomic E-state index is 10.4. The van der Waals surface area contributed by atoms with Crippen LogP contribution in [-0.2, 0) is 4.79 Å². The summed E-state index contributed by atoms with van der Waals surface area (Å²) in [5.41, 5.74) is -0.0645. The van der Waals surface area contributed by atoms with Gasteiger partial charge >= 0.3 is 5.97 Å². The number of benzene rings is 1. The first-order chi connectivity index (χ1) is 7.00. The zero-order valence-electron chi connectivity index (χ0n) is 7.91. The van der Waals surface area contributed by atoms with Gasteiger partial charge in [0.1, 0.15) is 5.75 Å². The van der Waals surface area contributed by atoms with Crippen LogP contribution in [0, 0.1) is 10.1 Å². The molecule has 6 heteroatoms. The van der Waals surface area contributed by atoms with Gasteiger partial charge in [0.2, 0.25) is 0 Å². The van der Waals surface area contributed by atoms with Gasteiger partial charge < -0.3 is 9.84 Å². The van der Waals surface area contributed by atoms with E-state index in [1.165, 1.54) is 31.2 Å². The molecule has 0 amide bonds. The fraction of sp³-hybridized carbons (Fsp3) is 0.222. The number of rotatable bonds is 4. The summed E-state index contributed by atoms with van der Waals surface area (Å²) in [5.74, 6) is -0.802. The third kappa shape index (κ3) is 2.94. The Kier molecular flexibility index (Phi) is 3.22. The summed E-state index contributed by atoms with van der Waals surface area (Å²) >= 11 is 0. The SMILES string of the molecule is C[C@H](Oc1ccc([N+](=O)[O-])cc1)C(=O)O. The molecule has 0 saturated heterocycles. The number of nitro groups is 1. The van der Waals surface area contributed by atoms with Crippen molar-refractivity contribution in [3.8, 4) is 5.75 Å². The summed E-state index contributed by atoms with van der Waals surface area (Å²) < 4.78 is 4.99. The van der Waals surface area contributed by atoms with Gasteiger partial charge in [0.15, 0.2) is 6.10 Å². The standard InChI is InChI=1S/C9H9NO5/c1-6(9(11)12)15-8-4-2-7(3-5-8)10(13)14/h2-6H,1H3,(H,11,12)/t6-/m0/s1. The summed E-state index contributed by atoms with van der Waals surface area (Å²) in [4.78, 5) is 20.2. The van der Waals surface area contributed by atoms with Gasteiger partial charge in [-0.05, 0) is 19.1 Å². The molecule has 0 heterocycles. The van der Waals surface area contributed by atoms with Crippen molar-refractivity contribution in [1.29, 1.82) is 0 Å². The van der Waals surface area contributed by atoms with Crippen LogP contribution < -0.4 is 4.74 Å². The Balaban J connectivity index is 2.72. The highest BCUT2D eigenvalue weighted by atomic mass is 16.6. The average Bonchev–Trinajstić information content (AvgIpc) is 2.18. The van der Waals surface area contributed by atoms with Crippen LogP contribution >= 0.6 is 0 Å². The lowest BCUT2D eigenvalue weighted by molar-refractivity contribution is -0.384. The molecule has 0 radical (unpaired) electrons. The molecule has 1 rings (SSSR count). The zero-order valence-corrected chi connectivity index (χ0v) is 7.91. The monoisotopic (exact) mass is 211 g/mol. The third-order valence-electron chi connectivity index (χ3n) is 1.71. The van der Waals surface area contributed by atoms with Gasteiger partial charge in [-0.1, -0.05) is 0 Å². The Hall–Kier alpha value is -2.11. The normalized spacial score (nSPS) is 11.8. The Morgan fingerprint density at radius 2 is 2.00 bits per heavy atom. The minimum absolute atomic E-state index is 0.0645. The lowest BCUT2D eigenvalue weighted by atomic mass is 10.3. The van der Waals surface area contributed by atoms with Crippen molar-refractivity contribution >= 4 is 11.7 Å². The van der Waals surface area contributed by atoms with Crippen molar-refractivity contribution in [2.24, 2.45) is 0 Å². The van der Waals surface area contributed by atoms with Crippen molar-refractivity contribution in [2.45, 2.75) is 13.0 Å². The van der Waals surface area contributed by atoms with E-state index < -0.39 is 17.0 Å². The van der Waals surface area contributed by atoms with E-state index in [4.69, 9.17) is 9.84 Å². The summed E-state index contributed by atoms with van der Waals surface area (Å²) in [6.07, 6.45) is -0.980. The molecule has 6 nitrogen and oxygen atoms in total. The molecule has 0 saturated carbocycles. The third-order valence-corrected chi connectivity index (χ3v) is 1.71. The van der Waals surface area contributed by atoms with E-state index in [9.17, 15) is 14.9 Å². The molecular formula is C9H9NO5. The molecule has 0 fully saturated rings. The van der Waals surface area contributed by atoms with Gasteiger partial charge in [-0.25, -0.2) is 4.79 Å². The molecule has 0 aliphatic rings. The van der Waals surface area contributed by atoms with Crippen LogP contribution in [0.5, 0.6) is 5.75 Å². The maximum absolute atomic E-state index is 10.4. The lowest BCUT2D eigenvalue weighted by Crippen LogP contribution is -2.22. The van der Waals surface area contributed by atoms with E-state index in [0.29, 0.717) is 0 Å². The molecule has 1 aromatic carbocycles. The molecule has 0 unspecified atom stereocenters. The molecule has 0 aliphatic heterocycles. The molecule has 1 N–H and O–H groups in total. The van der Waals surface area contributed by atoms with Crippen LogP contribution in [-0.4, -0.2) is 22.1 Å². The minimum Gasteiger partial charge on any atom is -0.479 e. The highest BCUT2D eigenvalue weighted by Gasteiger charge is 2.13. The van der Waals surface area contributed by atoms with Crippen LogP contribution in [0.15, 0.2) is 24.3 Å². The highest BCUT2D eigenvalue weighted by Crippen LogP contribution is 2.18.